The van der Waals surface area contributed by atoms with Gasteiger partial charge in [-0.25, -0.2) is 18.7 Å². The number of hydrogen-bond donors (Lipinski definition) is 1. The van der Waals surface area contributed by atoms with Crippen LogP contribution in [-0.4, -0.2) is 40.5 Å². The summed E-state index contributed by atoms with van der Waals surface area (Å²) in [6.07, 6.45) is 1.50. The highest BCUT2D eigenvalue weighted by molar-refractivity contribution is 6.00. The topological polar surface area (TPSA) is 75.2 Å². The highest BCUT2D eigenvalue weighted by atomic mass is 19.1. The number of halogens is 2. The molecule has 6 nitrogen and oxygen atoms in total. The van der Waals surface area contributed by atoms with Crippen molar-refractivity contribution in [1.29, 1.82) is 0 Å². The van der Waals surface area contributed by atoms with Gasteiger partial charge in [0.2, 0.25) is 5.91 Å². The minimum Gasteiger partial charge on any atom is -0.348 e. The van der Waals surface area contributed by atoms with Gasteiger partial charge in [0.1, 0.15) is 23.5 Å². The molecular weight excluding hydrogens is 378 g/mol. The molecule has 4 rings (SSSR count). The lowest BCUT2D eigenvalue weighted by atomic mass is 9.70. The molecule has 1 aliphatic heterocycles. The van der Waals surface area contributed by atoms with Crippen molar-refractivity contribution in [2.45, 2.75) is 44.8 Å². The third kappa shape index (κ3) is 3.83. The second-order valence-corrected chi connectivity index (χ2v) is 7.86. The molecule has 8 heteroatoms. The molecule has 152 valence electrons. The first kappa shape index (κ1) is 19.4. The zero-order valence-corrected chi connectivity index (χ0v) is 16.1. The number of alkyl halides is 1. The Labute approximate surface area is 167 Å². The molecule has 1 saturated carbocycles. The first-order chi connectivity index (χ1) is 13.9. The fraction of sp³-hybridized carbons (Fsp3) is 0.429. The van der Waals surface area contributed by atoms with Crippen molar-refractivity contribution in [1.82, 2.24) is 15.3 Å². The van der Waals surface area contributed by atoms with E-state index in [9.17, 15) is 18.4 Å². The van der Waals surface area contributed by atoms with E-state index >= 15 is 0 Å². The van der Waals surface area contributed by atoms with Crippen LogP contribution in [0.4, 0.5) is 14.5 Å². The summed E-state index contributed by atoms with van der Waals surface area (Å²) in [4.78, 5) is 35.4. The van der Waals surface area contributed by atoms with Gasteiger partial charge >= 0.3 is 0 Å². The first-order valence-electron chi connectivity index (χ1n) is 9.68. The summed E-state index contributed by atoms with van der Waals surface area (Å²) < 4.78 is 27.8. The van der Waals surface area contributed by atoms with E-state index in [0.29, 0.717) is 30.9 Å². The van der Waals surface area contributed by atoms with E-state index in [1.54, 1.807) is 24.0 Å². The molecule has 1 aromatic carbocycles. The van der Waals surface area contributed by atoms with E-state index in [4.69, 9.17) is 0 Å². The molecule has 2 fully saturated rings. The molecule has 1 saturated heterocycles. The van der Waals surface area contributed by atoms with Gasteiger partial charge in [-0.3, -0.25) is 9.59 Å². The fourth-order valence-corrected chi connectivity index (χ4v) is 4.47. The Morgan fingerprint density at radius 2 is 2.00 bits per heavy atom. The highest BCUT2D eigenvalue weighted by Gasteiger charge is 2.52. The molecule has 0 radical (unpaired) electrons. The van der Waals surface area contributed by atoms with Crippen molar-refractivity contribution < 1.29 is 18.4 Å². The number of carbonyl (C=O) groups is 2. The normalized spacial score (nSPS) is 26.7. The Bertz CT molecular complexity index is 937. The van der Waals surface area contributed by atoms with Crippen LogP contribution in [0.3, 0.4) is 0 Å². The maximum atomic E-state index is 14.6. The van der Waals surface area contributed by atoms with Gasteiger partial charge in [-0.15, -0.1) is 0 Å². The summed E-state index contributed by atoms with van der Waals surface area (Å²) in [5.41, 5.74) is -0.0319. The number of benzene rings is 1. The predicted molar refractivity (Wildman–Crippen MR) is 103 cm³/mol. The number of hydrogen-bond acceptors (Lipinski definition) is 4. The Hall–Kier alpha value is -2.90. The van der Waals surface area contributed by atoms with Crippen LogP contribution >= 0.6 is 0 Å². The quantitative estimate of drug-likeness (QED) is 0.860. The van der Waals surface area contributed by atoms with Crippen LogP contribution in [0.1, 0.15) is 42.0 Å². The lowest BCUT2D eigenvalue weighted by molar-refractivity contribution is -0.128. The molecule has 3 atom stereocenters. The second-order valence-electron chi connectivity index (χ2n) is 7.86. The molecule has 1 aliphatic carbocycles. The minimum atomic E-state index is -1.18. The predicted octanol–water partition coefficient (Wildman–Crippen LogP) is 2.97. The van der Waals surface area contributed by atoms with E-state index in [-0.39, 0.29) is 30.3 Å². The lowest BCUT2D eigenvalue weighted by Gasteiger charge is -2.38. The van der Waals surface area contributed by atoms with Gasteiger partial charge in [0.25, 0.3) is 5.91 Å². The fourth-order valence-electron chi connectivity index (χ4n) is 4.47. The average Bonchev–Trinajstić information content (AvgIpc) is 2.97. The highest BCUT2D eigenvalue weighted by Crippen LogP contribution is 2.47. The zero-order valence-electron chi connectivity index (χ0n) is 16.1. The van der Waals surface area contributed by atoms with Crippen LogP contribution in [0.5, 0.6) is 0 Å². The third-order valence-corrected chi connectivity index (χ3v) is 5.78. The number of amides is 2. The molecule has 29 heavy (non-hydrogen) atoms. The molecular formula is C21H22F2N4O2. The maximum absolute atomic E-state index is 14.6. The van der Waals surface area contributed by atoms with Crippen LogP contribution in [-0.2, 0) is 4.79 Å². The summed E-state index contributed by atoms with van der Waals surface area (Å²) in [5, 5.41) is 2.84. The molecule has 3 unspecified atom stereocenters. The van der Waals surface area contributed by atoms with E-state index in [1.807, 2.05) is 0 Å². The zero-order chi connectivity index (χ0) is 20.6. The average molecular weight is 400 g/mol. The van der Waals surface area contributed by atoms with E-state index in [1.165, 1.54) is 24.4 Å². The lowest BCUT2D eigenvalue weighted by Crippen LogP contribution is -2.49. The van der Waals surface area contributed by atoms with Crippen LogP contribution in [0, 0.1) is 18.2 Å². The van der Waals surface area contributed by atoms with Gasteiger partial charge in [0, 0.05) is 24.5 Å². The molecule has 2 amide bonds. The van der Waals surface area contributed by atoms with Gasteiger partial charge in [-0.2, -0.15) is 0 Å². The number of rotatable bonds is 3. The van der Waals surface area contributed by atoms with Crippen LogP contribution in [0.25, 0.3) is 0 Å². The number of nitrogens with one attached hydrogen (secondary N) is 1. The van der Waals surface area contributed by atoms with Crippen molar-refractivity contribution in [3.05, 3.63) is 53.9 Å². The van der Waals surface area contributed by atoms with E-state index in [0.717, 1.165) is 0 Å². The molecule has 0 bridgehead atoms. The number of anilines is 1. The molecule has 1 aromatic heterocycles. The maximum Gasteiger partial charge on any atom is 0.270 e. The van der Waals surface area contributed by atoms with Gasteiger partial charge in [0.15, 0.2) is 0 Å². The van der Waals surface area contributed by atoms with Crippen molar-refractivity contribution >= 4 is 17.5 Å². The molecule has 2 heterocycles. The van der Waals surface area contributed by atoms with Crippen molar-refractivity contribution in [3.8, 4) is 0 Å². The Morgan fingerprint density at radius 1 is 1.24 bits per heavy atom. The first-order valence-corrected chi connectivity index (χ1v) is 9.68. The number of nitrogens with zero attached hydrogens (tertiary/aromatic N) is 3. The van der Waals surface area contributed by atoms with E-state index in [2.05, 4.69) is 15.3 Å². The molecule has 1 spiro atoms. The number of aromatic nitrogens is 2. The summed E-state index contributed by atoms with van der Waals surface area (Å²) >= 11 is 0. The Kier molecular flexibility index (Phi) is 5.02. The summed E-state index contributed by atoms with van der Waals surface area (Å²) in [5.74, 6) is -0.462. The summed E-state index contributed by atoms with van der Waals surface area (Å²) in [6.45, 7) is 2.13. The van der Waals surface area contributed by atoms with Gasteiger partial charge in [-0.05, 0) is 62.9 Å². The molecule has 1 N–H and O–H groups in total. The van der Waals surface area contributed by atoms with Gasteiger partial charge in [0.05, 0.1) is 5.41 Å². The van der Waals surface area contributed by atoms with E-state index < -0.39 is 23.5 Å². The molecule has 2 aromatic rings. The Morgan fingerprint density at radius 3 is 2.72 bits per heavy atom. The van der Waals surface area contributed by atoms with Gasteiger partial charge in [-0.1, -0.05) is 0 Å². The van der Waals surface area contributed by atoms with Crippen molar-refractivity contribution in [2.75, 3.05) is 11.4 Å². The third-order valence-electron chi connectivity index (χ3n) is 5.78. The largest absolute Gasteiger partial charge is 0.348 e. The van der Waals surface area contributed by atoms with Crippen LogP contribution in [0.2, 0.25) is 0 Å². The van der Waals surface area contributed by atoms with Gasteiger partial charge < -0.3 is 10.2 Å². The van der Waals surface area contributed by atoms with Crippen LogP contribution in [0.15, 0.2) is 36.5 Å². The van der Waals surface area contributed by atoms with Crippen molar-refractivity contribution in [2.24, 2.45) is 5.41 Å². The standard InChI is InChI=1S/C21H22F2N4O2/c1-13-24-8-6-18(25-13)19(28)26-16-10-15(23)11-21(12-16)7-9-27(20(21)29)17-4-2-14(22)3-5-17/h2-6,8,15-16H,7,9-12H2,1H3,(H,26,28). The minimum absolute atomic E-state index is 0.141. The smallest absolute Gasteiger partial charge is 0.270 e. The summed E-state index contributed by atoms with van der Waals surface area (Å²) in [6, 6.07) is 6.76. The van der Waals surface area contributed by atoms with Crippen LogP contribution < -0.4 is 10.2 Å². The number of carbonyl (C=O) groups excluding carboxylic acids is 2. The molecule has 2 aliphatic rings. The van der Waals surface area contributed by atoms with Crippen molar-refractivity contribution in [3.63, 3.8) is 0 Å². The Balaban J connectivity index is 1.50. The summed E-state index contributed by atoms with van der Waals surface area (Å²) in [7, 11) is 0. The second kappa shape index (κ2) is 7.50. The number of aryl methyl sites for hydroxylation is 1. The monoisotopic (exact) mass is 400 g/mol. The SMILES string of the molecule is Cc1nccc(C(=O)NC2CC(F)CC3(CCN(c4ccc(F)cc4)C3=O)C2)n1.